The molecule has 3 heterocycles. The molecule has 0 radical (unpaired) electrons. The molecule has 0 aliphatic carbocycles. The molecule has 0 unspecified atom stereocenters. The first-order valence-electron chi connectivity index (χ1n) is 16.3. The predicted octanol–water partition coefficient (Wildman–Crippen LogP) is 6.57. The van der Waals surface area contributed by atoms with Gasteiger partial charge in [0.25, 0.3) is 0 Å². The SMILES string of the molecule is BrCc1ccccc1CBr.CN1Cc2ccccc2CN1C.CN1Cc2ccccc2CN1C.CNNC.c1ccc2c(c1)CNNC2. The van der Waals surface area contributed by atoms with Gasteiger partial charge in [0, 0.05) is 78.1 Å². The third-order valence-electron chi connectivity index (χ3n) is 8.46. The molecule has 0 fully saturated rings. The van der Waals surface area contributed by atoms with E-state index in [1.165, 1.54) is 44.5 Å². The number of hydrazine groups is 4. The van der Waals surface area contributed by atoms with Crippen LogP contribution in [-0.4, -0.2) is 62.3 Å². The highest BCUT2D eigenvalue weighted by molar-refractivity contribution is 9.09. The van der Waals surface area contributed by atoms with E-state index in [0.29, 0.717) is 0 Å². The minimum absolute atomic E-state index is 0.939. The maximum Gasteiger partial charge on any atom is 0.0384 e. The van der Waals surface area contributed by atoms with Gasteiger partial charge in [-0.2, -0.15) is 0 Å². The molecule has 0 saturated heterocycles. The fourth-order valence-corrected chi connectivity index (χ4v) is 6.33. The number of nitrogens with one attached hydrogen (secondary N) is 4. The number of hydrogen-bond donors (Lipinski definition) is 4. The van der Waals surface area contributed by atoms with Crippen LogP contribution in [-0.2, 0) is 49.9 Å². The lowest BCUT2D eigenvalue weighted by molar-refractivity contribution is -0.00179. The Kier molecular flexibility index (Phi) is 18.5. The van der Waals surface area contributed by atoms with Crippen LogP contribution in [0.2, 0.25) is 0 Å². The van der Waals surface area contributed by atoms with Crippen molar-refractivity contribution in [2.24, 2.45) is 0 Å². The molecule has 10 heteroatoms. The van der Waals surface area contributed by atoms with E-state index in [0.717, 1.165) is 49.9 Å². The Hall–Kier alpha value is -2.48. The van der Waals surface area contributed by atoms with Crippen LogP contribution in [0.5, 0.6) is 0 Å². The van der Waals surface area contributed by atoms with E-state index in [2.05, 4.69) is 199 Å². The third-order valence-corrected chi connectivity index (χ3v) is 9.66. The van der Waals surface area contributed by atoms with E-state index >= 15 is 0 Å². The average molecular weight is 783 g/mol. The van der Waals surface area contributed by atoms with Crippen LogP contribution >= 0.6 is 31.9 Å². The van der Waals surface area contributed by atoms with Crippen molar-refractivity contribution in [1.82, 2.24) is 41.7 Å². The third kappa shape index (κ3) is 13.1. The summed E-state index contributed by atoms with van der Waals surface area (Å²) in [7, 11) is 12.1. The van der Waals surface area contributed by atoms with Crippen molar-refractivity contribution in [3.05, 3.63) is 142 Å². The largest absolute Gasteiger partial charge is 0.261 e. The Bertz CT molecular complexity index is 1290. The molecule has 0 bridgehead atoms. The first-order chi connectivity index (χ1) is 23.3. The smallest absolute Gasteiger partial charge is 0.0384 e. The van der Waals surface area contributed by atoms with Gasteiger partial charge in [-0.15, -0.1) is 0 Å². The molecule has 0 atom stereocenters. The highest BCUT2D eigenvalue weighted by atomic mass is 79.9. The summed E-state index contributed by atoms with van der Waals surface area (Å²) in [5.74, 6) is 0. The van der Waals surface area contributed by atoms with E-state index in [4.69, 9.17) is 0 Å². The van der Waals surface area contributed by atoms with Gasteiger partial charge in [0.15, 0.2) is 0 Å². The van der Waals surface area contributed by atoms with Crippen molar-refractivity contribution in [2.75, 3.05) is 42.3 Å². The maximum atomic E-state index is 3.43. The van der Waals surface area contributed by atoms with Crippen molar-refractivity contribution >= 4 is 31.9 Å². The summed E-state index contributed by atoms with van der Waals surface area (Å²) in [5.41, 5.74) is 22.9. The second-order valence-electron chi connectivity index (χ2n) is 11.8. The molecule has 260 valence electrons. The van der Waals surface area contributed by atoms with Crippen LogP contribution in [0, 0.1) is 0 Å². The van der Waals surface area contributed by atoms with Gasteiger partial charge in [0.2, 0.25) is 0 Å². The lowest BCUT2D eigenvalue weighted by Gasteiger charge is -2.34. The highest BCUT2D eigenvalue weighted by Gasteiger charge is 2.17. The number of hydrogen-bond acceptors (Lipinski definition) is 8. The van der Waals surface area contributed by atoms with Gasteiger partial charge in [-0.3, -0.25) is 21.7 Å². The topological polar surface area (TPSA) is 61.1 Å². The summed E-state index contributed by atoms with van der Waals surface area (Å²) < 4.78 is 0. The zero-order valence-corrected chi connectivity index (χ0v) is 32.6. The number of fused-ring (bicyclic) bond motifs is 3. The zero-order chi connectivity index (χ0) is 34.7. The molecule has 4 aromatic carbocycles. The fraction of sp³-hybridized carbons (Fsp3) is 0.368. The van der Waals surface area contributed by atoms with Gasteiger partial charge in [0.1, 0.15) is 0 Å². The van der Waals surface area contributed by atoms with Gasteiger partial charge in [-0.05, 0) is 58.6 Å². The molecule has 0 aromatic heterocycles. The van der Waals surface area contributed by atoms with E-state index in [1.807, 2.05) is 14.1 Å². The van der Waals surface area contributed by atoms with E-state index < -0.39 is 0 Å². The van der Waals surface area contributed by atoms with Crippen molar-refractivity contribution in [3.8, 4) is 0 Å². The quantitative estimate of drug-likeness (QED) is 0.138. The van der Waals surface area contributed by atoms with Crippen LogP contribution in [0.15, 0.2) is 97.1 Å². The van der Waals surface area contributed by atoms with Crippen molar-refractivity contribution in [2.45, 2.75) is 49.9 Å². The molecule has 0 spiro atoms. The Balaban J connectivity index is 0.000000168. The van der Waals surface area contributed by atoms with Gasteiger partial charge in [-0.25, -0.2) is 20.0 Å². The molecule has 8 nitrogen and oxygen atoms in total. The minimum atomic E-state index is 0.939. The highest BCUT2D eigenvalue weighted by Crippen LogP contribution is 2.20. The molecule has 3 aliphatic heterocycles. The Labute approximate surface area is 306 Å². The number of halogens is 2. The Morgan fingerprint density at radius 1 is 0.458 bits per heavy atom. The second kappa shape index (κ2) is 22.3. The molecular formula is C38H54Br2N8. The number of rotatable bonds is 3. The standard InChI is InChI=1S/2C10H14N2.C8H8Br2.C8H10N2.C2H8N2/c2*1-11-7-9-5-3-4-6-10(9)8-12(11)2;9-5-7-3-1-2-4-8(7)6-10;1-2-4-8-6-10-9-5-7(8)3-1;1-3-4-2/h2*3-6H,7-8H2,1-2H3;1-4H,5-6H2;1-4,9-10H,5-6H2;3-4H,1-2H3. The monoisotopic (exact) mass is 780 g/mol. The first-order valence-corrected chi connectivity index (χ1v) is 18.6. The lowest BCUT2D eigenvalue weighted by atomic mass is 10.1. The molecule has 4 aromatic rings. The fourth-order valence-electron chi connectivity index (χ4n) is 5.24. The van der Waals surface area contributed by atoms with Crippen LogP contribution in [0.25, 0.3) is 0 Å². The van der Waals surface area contributed by atoms with Crippen molar-refractivity contribution < 1.29 is 0 Å². The predicted molar refractivity (Wildman–Crippen MR) is 209 cm³/mol. The normalized spacial score (nSPS) is 15.7. The van der Waals surface area contributed by atoms with E-state index in [-0.39, 0.29) is 0 Å². The van der Waals surface area contributed by atoms with E-state index in [9.17, 15) is 0 Å². The van der Waals surface area contributed by atoms with Crippen LogP contribution in [0.1, 0.15) is 44.5 Å². The summed E-state index contributed by atoms with van der Waals surface area (Å²) >= 11 is 6.86. The van der Waals surface area contributed by atoms with Gasteiger partial charge in [-0.1, -0.05) is 129 Å². The molecular weight excluding hydrogens is 728 g/mol. The zero-order valence-electron chi connectivity index (χ0n) is 29.4. The molecule has 0 saturated carbocycles. The maximum absolute atomic E-state index is 3.43. The molecule has 3 aliphatic rings. The summed E-state index contributed by atoms with van der Waals surface area (Å²) in [6.07, 6.45) is 0. The Morgan fingerprint density at radius 2 is 0.708 bits per heavy atom. The summed E-state index contributed by atoms with van der Waals surface area (Å²) in [6, 6.07) is 34.1. The number of alkyl halides is 2. The van der Waals surface area contributed by atoms with Crippen LogP contribution in [0.4, 0.5) is 0 Å². The molecule has 48 heavy (non-hydrogen) atoms. The lowest BCUT2D eigenvalue weighted by Crippen LogP contribution is -2.39. The van der Waals surface area contributed by atoms with Crippen molar-refractivity contribution in [1.29, 1.82) is 0 Å². The summed E-state index contributed by atoms with van der Waals surface area (Å²) in [5, 5.41) is 10.8. The van der Waals surface area contributed by atoms with Gasteiger partial charge >= 0.3 is 0 Å². The van der Waals surface area contributed by atoms with E-state index in [1.54, 1.807) is 0 Å². The molecule has 7 rings (SSSR count). The molecule has 4 N–H and O–H groups in total. The molecule has 0 amide bonds. The van der Waals surface area contributed by atoms with Gasteiger partial charge < -0.3 is 0 Å². The summed E-state index contributed by atoms with van der Waals surface area (Å²) in [6.45, 7) is 6.02. The summed E-state index contributed by atoms with van der Waals surface area (Å²) in [4.78, 5) is 0. The van der Waals surface area contributed by atoms with Crippen LogP contribution in [0.3, 0.4) is 0 Å². The van der Waals surface area contributed by atoms with Crippen LogP contribution < -0.4 is 21.7 Å². The number of benzene rings is 4. The average Bonchev–Trinajstić information content (AvgIpc) is 3.13. The first kappa shape index (κ1) is 40.0. The van der Waals surface area contributed by atoms with Crippen molar-refractivity contribution in [3.63, 3.8) is 0 Å². The second-order valence-corrected chi connectivity index (χ2v) is 12.9. The minimum Gasteiger partial charge on any atom is -0.261 e. The Morgan fingerprint density at radius 3 is 0.958 bits per heavy atom. The van der Waals surface area contributed by atoms with Gasteiger partial charge in [0.05, 0.1) is 0 Å². The number of nitrogens with zero attached hydrogens (tertiary/aromatic N) is 4.